The zero-order chi connectivity index (χ0) is 40.3. The summed E-state index contributed by atoms with van der Waals surface area (Å²) in [6, 6.07) is 7.99. The molecule has 304 valence electrons. The van der Waals surface area contributed by atoms with Crippen molar-refractivity contribution in [2.45, 2.75) is 148 Å². The Bertz CT molecular complexity index is 1470. The van der Waals surface area contributed by atoms with Crippen molar-refractivity contribution < 1.29 is 53.0 Å². The summed E-state index contributed by atoms with van der Waals surface area (Å²) in [5.74, 6) is -3.24. The van der Waals surface area contributed by atoms with E-state index in [0.29, 0.717) is 30.7 Å². The minimum atomic E-state index is -1.59. The van der Waals surface area contributed by atoms with Gasteiger partial charge in [0, 0.05) is 19.4 Å². The van der Waals surface area contributed by atoms with Crippen LogP contribution in [-0.2, 0) is 38.0 Å². The highest BCUT2D eigenvalue weighted by Crippen LogP contribution is 2.39. The fraction of sp³-hybridized carbons (Fsp3) is 0.732. The number of allylic oxidation sites excluding steroid dienone is 1. The van der Waals surface area contributed by atoms with E-state index in [4.69, 9.17) is 28.4 Å². The van der Waals surface area contributed by atoms with Crippen molar-refractivity contribution in [3.8, 4) is 0 Å². The van der Waals surface area contributed by atoms with Gasteiger partial charge in [0.1, 0.15) is 23.9 Å². The van der Waals surface area contributed by atoms with E-state index in [1.54, 1.807) is 52.0 Å². The van der Waals surface area contributed by atoms with Crippen molar-refractivity contribution >= 4 is 17.9 Å². The predicted octanol–water partition coefficient (Wildman–Crippen LogP) is 4.33. The van der Waals surface area contributed by atoms with Gasteiger partial charge in [0.25, 0.3) is 0 Å². The first-order valence-corrected chi connectivity index (χ1v) is 19.3. The highest BCUT2D eigenvalue weighted by molar-refractivity contribution is 5.89. The third-order valence-corrected chi connectivity index (χ3v) is 11.3. The number of ether oxygens (including phenoxy) is 6. The predicted molar refractivity (Wildman–Crippen MR) is 201 cm³/mol. The number of rotatable bonds is 7. The molecule has 54 heavy (non-hydrogen) atoms. The van der Waals surface area contributed by atoms with Crippen LogP contribution in [0, 0.1) is 17.8 Å². The molecule has 0 aromatic heterocycles. The Labute approximate surface area is 321 Å². The summed E-state index contributed by atoms with van der Waals surface area (Å²) in [4.78, 5) is 44.3. The molecule has 2 saturated heterocycles. The molecule has 13 heteroatoms. The number of hydrogen-bond acceptors (Lipinski definition) is 13. The summed E-state index contributed by atoms with van der Waals surface area (Å²) in [6.07, 6.45) is -3.31. The number of likely N-dealkylation sites (N-methyl/N-ethyl adjacent to an activating group) is 2. The molecule has 0 amide bonds. The van der Waals surface area contributed by atoms with E-state index in [1.165, 1.54) is 6.92 Å². The van der Waals surface area contributed by atoms with Gasteiger partial charge in [-0.2, -0.15) is 0 Å². The maximum atomic E-state index is 14.1. The fourth-order valence-electron chi connectivity index (χ4n) is 8.68. The number of carbonyl (C=O) groups is 3. The van der Waals surface area contributed by atoms with E-state index in [0.717, 1.165) is 0 Å². The Hall–Kier alpha value is -3.07. The summed E-state index contributed by atoms with van der Waals surface area (Å²) in [5.41, 5.74) is -2.82. The van der Waals surface area contributed by atoms with Gasteiger partial charge in [-0.15, -0.1) is 0 Å². The molecule has 2 N–H and O–H groups in total. The van der Waals surface area contributed by atoms with Crippen LogP contribution in [0.25, 0.3) is 0 Å². The smallest absolute Gasteiger partial charge is 0.338 e. The first-order chi connectivity index (χ1) is 25.2. The summed E-state index contributed by atoms with van der Waals surface area (Å²) in [7, 11) is 5.72. The van der Waals surface area contributed by atoms with Gasteiger partial charge in [0.05, 0.1) is 47.1 Å². The van der Waals surface area contributed by atoms with Crippen LogP contribution in [0.1, 0.15) is 91.9 Å². The van der Waals surface area contributed by atoms with Gasteiger partial charge in [-0.05, 0) is 99.2 Å². The molecule has 1 aromatic rings. The van der Waals surface area contributed by atoms with Gasteiger partial charge in [0.2, 0.25) is 0 Å². The summed E-state index contributed by atoms with van der Waals surface area (Å²) < 4.78 is 37.6. The first-order valence-electron chi connectivity index (χ1n) is 19.3. The molecule has 0 bridgehead atoms. The molecule has 2 fully saturated rings. The lowest BCUT2D eigenvalue weighted by Crippen LogP contribution is -2.60. The number of nitrogens with zero attached hydrogens (tertiary/aromatic N) is 2. The molecule has 0 unspecified atom stereocenters. The van der Waals surface area contributed by atoms with Crippen molar-refractivity contribution in [1.29, 1.82) is 0 Å². The minimum Gasteiger partial charge on any atom is -0.490 e. The average molecular weight is 761 g/mol. The summed E-state index contributed by atoms with van der Waals surface area (Å²) in [6.45, 7) is 16.0. The molecule has 0 saturated carbocycles. The normalized spacial score (nSPS) is 40.0. The molecular weight excluding hydrogens is 696 g/mol. The van der Waals surface area contributed by atoms with Crippen molar-refractivity contribution in [3.05, 3.63) is 47.7 Å². The SMILES string of the molecule is CC[C@H]1OC(=O)[C@H](C)[C@@H](OC(C)=O)[C@H](C)[C@@H](O[C@@H]2O[C@H](C)C[C@H](N(C)C)[C@H]2OC(=O)c2ccccc2)[C@](C)(O)C[C@@H](C)CN(C)[C@@H]2C=C(C)O[C@H]2[C@]1(C)O. The Morgan fingerprint density at radius 1 is 1.02 bits per heavy atom. The molecule has 3 heterocycles. The molecule has 0 spiro atoms. The molecule has 14 atom stereocenters. The second kappa shape index (κ2) is 17.8. The van der Waals surface area contributed by atoms with Crippen LogP contribution in [0.4, 0.5) is 0 Å². The Morgan fingerprint density at radius 3 is 2.26 bits per heavy atom. The molecule has 0 aliphatic carbocycles. The van der Waals surface area contributed by atoms with Crippen molar-refractivity contribution in [2.24, 2.45) is 17.8 Å². The minimum absolute atomic E-state index is 0.134. The fourth-order valence-corrected chi connectivity index (χ4v) is 8.68. The Kier molecular flexibility index (Phi) is 14.4. The van der Waals surface area contributed by atoms with Gasteiger partial charge in [-0.1, -0.05) is 39.0 Å². The lowest BCUT2D eigenvalue weighted by atomic mass is 9.77. The van der Waals surface area contributed by atoms with Crippen molar-refractivity contribution in [2.75, 3.05) is 27.7 Å². The Balaban J connectivity index is 1.81. The lowest BCUT2D eigenvalue weighted by Gasteiger charge is -2.47. The lowest BCUT2D eigenvalue weighted by molar-refractivity contribution is -0.298. The topological polar surface area (TPSA) is 154 Å². The van der Waals surface area contributed by atoms with Crippen molar-refractivity contribution in [1.82, 2.24) is 9.80 Å². The van der Waals surface area contributed by atoms with Crippen LogP contribution in [0.15, 0.2) is 42.2 Å². The maximum absolute atomic E-state index is 14.1. The molecule has 4 rings (SSSR count). The van der Waals surface area contributed by atoms with Gasteiger partial charge in [0.15, 0.2) is 12.4 Å². The molecule has 3 aliphatic rings. The second-order valence-corrected chi connectivity index (χ2v) is 16.6. The third-order valence-electron chi connectivity index (χ3n) is 11.3. The summed E-state index contributed by atoms with van der Waals surface area (Å²) in [5, 5.41) is 24.6. The third kappa shape index (κ3) is 10.0. The number of cyclic esters (lactones) is 1. The van der Waals surface area contributed by atoms with Crippen LogP contribution in [0.5, 0.6) is 0 Å². The van der Waals surface area contributed by atoms with Crippen LogP contribution in [0.2, 0.25) is 0 Å². The highest BCUT2D eigenvalue weighted by Gasteiger charge is 2.53. The summed E-state index contributed by atoms with van der Waals surface area (Å²) >= 11 is 0. The molecule has 3 aliphatic heterocycles. The van der Waals surface area contributed by atoms with Crippen LogP contribution >= 0.6 is 0 Å². The number of fused-ring (bicyclic) bond motifs is 1. The largest absolute Gasteiger partial charge is 0.490 e. The van der Waals surface area contributed by atoms with Crippen molar-refractivity contribution in [3.63, 3.8) is 0 Å². The number of benzene rings is 1. The monoisotopic (exact) mass is 760 g/mol. The molecule has 0 radical (unpaired) electrons. The number of aliphatic hydroxyl groups is 2. The van der Waals surface area contributed by atoms with Gasteiger partial charge in [-0.25, -0.2) is 4.79 Å². The maximum Gasteiger partial charge on any atom is 0.338 e. The van der Waals surface area contributed by atoms with E-state index in [-0.39, 0.29) is 30.5 Å². The molecular formula is C41H64N2O11. The van der Waals surface area contributed by atoms with Crippen LogP contribution in [-0.4, -0.2) is 132 Å². The number of hydrogen-bond donors (Lipinski definition) is 2. The van der Waals surface area contributed by atoms with E-state index in [1.807, 2.05) is 65.9 Å². The van der Waals surface area contributed by atoms with Gasteiger partial charge < -0.3 is 43.5 Å². The first kappa shape index (κ1) is 43.7. The Morgan fingerprint density at radius 2 is 1.67 bits per heavy atom. The van der Waals surface area contributed by atoms with E-state index >= 15 is 0 Å². The zero-order valence-electron chi connectivity index (χ0n) is 34.2. The van der Waals surface area contributed by atoms with Gasteiger partial charge in [-0.3, -0.25) is 14.5 Å². The average Bonchev–Trinajstić information content (AvgIpc) is 3.50. The molecule has 13 nitrogen and oxygen atoms in total. The number of esters is 3. The standard InChI is InChI=1S/C41H64N2O11/c1-13-32-41(9,48)36-31(20-24(3)49-36)43(12)22-23(2)21-40(8,47)35(26(5)33(51-28(7)44)27(6)37(45)52-32)54-39-34(30(42(10)11)19-25(4)50-39)53-38(46)29-17-15-14-16-18-29/h14-18,20,23,25-27,30-36,39,47-48H,13,19,21-22H2,1-12H3/t23-,25-,26+,27-,30+,31-,32-,33+,34-,35-,36-,39+,40-,41-/m1/s1. The van der Waals surface area contributed by atoms with Gasteiger partial charge >= 0.3 is 17.9 Å². The quantitative estimate of drug-likeness (QED) is 0.300. The second-order valence-electron chi connectivity index (χ2n) is 16.6. The highest BCUT2D eigenvalue weighted by atomic mass is 16.7. The van der Waals surface area contributed by atoms with Crippen LogP contribution < -0.4 is 0 Å². The van der Waals surface area contributed by atoms with E-state index in [9.17, 15) is 24.6 Å². The van der Waals surface area contributed by atoms with E-state index in [2.05, 4.69) is 4.90 Å². The van der Waals surface area contributed by atoms with E-state index < -0.39 is 77.8 Å². The number of carbonyl (C=O) groups excluding carboxylic acids is 3. The molecule has 1 aromatic carbocycles. The van der Waals surface area contributed by atoms with Crippen LogP contribution in [0.3, 0.4) is 0 Å². The zero-order valence-corrected chi connectivity index (χ0v) is 34.2.